The molecule has 0 aliphatic rings. The Morgan fingerprint density at radius 2 is 1.67 bits per heavy atom. The highest BCUT2D eigenvalue weighted by molar-refractivity contribution is 5.92. The number of ether oxygens (including phenoxy) is 1. The predicted octanol–water partition coefficient (Wildman–Crippen LogP) is 3.69. The fourth-order valence-corrected chi connectivity index (χ4v) is 2.33. The molecule has 3 N–H and O–H groups in total. The highest BCUT2D eigenvalue weighted by atomic mass is 19.2. The van der Waals surface area contributed by atoms with E-state index in [4.69, 9.17) is 10.5 Å². The van der Waals surface area contributed by atoms with Crippen LogP contribution in [0.2, 0.25) is 0 Å². The number of hydrogen-bond acceptors (Lipinski definition) is 5. The Morgan fingerprint density at radius 1 is 1.00 bits per heavy atom. The third-order valence-corrected chi connectivity index (χ3v) is 3.47. The fraction of sp³-hybridized carbons (Fsp3) is 0.125. The van der Waals surface area contributed by atoms with Crippen LogP contribution in [-0.4, -0.2) is 17.1 Å². The monoisotopic (exact) mass is 334 g/mol. The van der Waals surface area contributed by atoms with Crippen molar-refractivity contribution >= 4 is 28.1 Å². The van der Waals surface area contributed by atoms with E-state index in [2.05, 4.69) is 15.3 Å². The quantitative estimate of drug-likeness (QED) is 0.715. The highest BCUT2D eigenvalue weighted by Crippen LogP contribution is 2.34. The molecule has 1 heterocycles. The molecular formula is C16H13F3N4O. The lowest BCUT2D eigenvalue weighted by Crippen LogP contribution is -2.07. The number of aryl methyl sites for hydroxylation is 1. The average molecular weight is 334 g/mol. The molecule has 0 aliphatic carbocycles. The molecule has 0 fully saturated rings. The van der Waals surface area contributed by atoms with Crippen LogP contribution in [0.15, 0.2) is 24.3 Å². The minimum absolute atomic E-state index is 0.153. The van der Waals surface area contributed by atoms with E-state index in [-0.39, 0.29) is 17.2 Å². The molecule has 8 heteroatoms. The molecule has 3 rings (SSSR count). The largest absolute Gasteiger partial charge is 0.497 e. The summed E-state index contributed by atoms with van der Waals surface area (Å²) >= 11 is 0. The molecule has 0 radical (unpaired) electrons. The van der Waals surface area contributed by atoms with Crippen molar-refractivity contribution in [3.05, 3.63) is 47.5 Å². The van der Waals surface area contributed by atoms with Crippen molar-refractivity contribution in [2.45, 2.75) is 6.92 Å². The normalized spacial score (nSPS) is 10.9. The van der Waals surface area contributed by atoms with Crippen LogP contribution in [-0.2, 0) is 0 Å². The summed E-state index contributed by atoms with van der Waals surface area (Å²) in [6.07, 6.45) is 0. The van der Waals surface area contributed by atoms with Crippen LogP contribution < -0.4 is 15.8 Å². The van der Waals surface area contributed by atoms with Gasteiger partial charge >= 0.3 is 0 Å². The van der Waals surface area contributed by atoms with Crippen molar-refractivity contribution in [3.8, 4) is 5.75 Å². The zero-order valence-electron chi connectivity index (χ0n) is 12.8. The van der Waals surface area contributed by atoms with Gasteiger partial charge < -0.3 is 15.8 Å². The molecule has 24 heavy (non-hydrogen) atoms. The van der Waals surface area contributed by atoms with Gasteiger partial charge in [0.2, 0.25) is 0 Å². The van der Waals surface area contributed by atoms with E-state index in [9.17, 15) is 13.2 Å². The second-order valence-electron chi connectivity index (χ2n) is 5.05. The first kappa shape index (κ1) is 15.9. The van der Waals surface area contributed by atoms with Gasteiger partial charge in [0, 0.05) is 5.69 Å². The molecule has 0 spiro atoms. The topological polar surface area (TPSA) is 73.1 Å². The Labute approximate surface area is 135 Å². The molecule has 0 atom stereocenters. The van der Waals surface area contributed by atoms with Crippen LogP contribution in [0, 0.1) is 24.4 Å². The minimum Gasteiger partial charge on any atom is -0.497 e. The standard InChI is InChI=1S/C16H13F3N4O/c1-7-21-14-10(16(20)22-7)11(17)12(18)15(13(14)19)23-8-3-5-9(24-2)6-4-8/h3-6,23H,1-2H3,(H2,20,21,22). The third-order valence-electron chi connectivity index (χ3n) is 3.47. The van der Waals surface area contributed by atoms with E-state index >= 15 is 0 Å². The number of nitrogen functional groups attached to an aromatic ring is 1. The van der Waals surface area contributed by atoms with E-state index in [1.54, 1.807) is 24.3 Å². The van der Waals surface area contributed by atoms with Gasteiger partial charge in [-0.2, -0.15) is 0 Å². The van der Waals surface area contributed by atoms with Gasteiger partial charge in [-0.1, -0.05) is 0 Å². The second kappa shape index (κ2) is 5.88. The van der Waals surface area contributed by atoms with Crippen molar-refractivity contribution in [2.75, 3.05) is 18.2 Å². The number of nitrogens with one attached hydrogen (secondary N) is 1. The SMILES string of the molecule is COc1ccc(Nc2c(F)c(F)c3c(N)nc(C)nc3c2F)cc1. The number of benzene rings is 2. The molecule has 5 nitrogen and oxygen atoms in total. The Balaban J connectivity index is 2.17. The number of fused-ring (bicyclic) bond motifs is 1. The molecule has 0 saturated carbocycles. The van der Waals surface area contributed by atoms with E-state index in [0.29, 0.717) is 11.4 Å². The summed E-state index contributed by atoms with van der Waals surface area (Å²) < 4.78 is 48.2. The summed E-state index contributed by atoms with van der Waals surface area (Å²) in [6.45, 7) is 1.48. The minimum atomic E-state index is -1.39. The molecule has 0 aliphatic heterocycles. The molecule has 3 aromatic rings. The number of nitrogens with two attached hydrogens (primary N) is 1. The first-order valence-electron chi connectivity index (χ1n) is 6.93. The lowest BCUT2D eigenvalue weighted by atomic mass is 10.1. The molecule has 1 aromatic heterocycles. The zero-order chi connectivity index (χ0) is 17.4. The van der Waals surface area contributed by atoms with Crippen molar-refractivity contribution in [1.29, 1.82) is 0 Å². The number of halogens is 3. The number of anilines is 3. The van der Waals surface area contributed by atoms with Crippen LogP contribution >= 0.6 is 0 Å². The third kappa shape index (κ3) is 2.55. The summed E-state index contributed by atoms with van der Waals surface area (Å²) in [6, 6.07) is 6.28. The summed E-state index contributed by atoms with van der Waals surface area (Å²) in [5.41, 5.74) is 4.89. The van der Waals surface area contributed by atoms with Crippen molar-refractivity contribution in [2.24, 2.45) is 0 Å². The number of methoxy groups -OCH3 is 1. The Bertz CT molecular complexity index is 929. The number of rotatable bonds is 3. The van der Waals surface area contributed by atoms with Crippen LogP contribution in [0.1, 0.15) is 5.82 Å². The summed E-state index contributed by atoms with van der Waals surface area (Å²) in [5.74, 6) is -3.33. The van der Waals surface area contributed by atoms with Gasteiger partial charge in [-0.25, -0.2) is 23.1 Å². The summed E-state index contributed by atoms with van der Waals surface area (Å²) in [7, 11) is 1.49. The van der Waals surface area contributed by atoms with Crippen molar-refractivity contribution < 1.29 is 17.9 Å². The Morgan fingerprint density at radius 3 is 2.29 bits per heavy atom. The average Bonchev–Trinajstić information content (AvgIpc) is 2.56. The van der Waals surface area contributed by atoms with Crippen LogP contribution in [0.5, 0.6) is 5.75 Å². The molecular weight excluding hydrogens is 321 g/mol. The van der Waals surface area contributed by atoms with Gasteiger partial charge in [-0.15, -0.1) is 0 Å². The van der Waals surface area contributed by atoms with Crippen molar-refractivity contribution in [3.63, 3.8) is 0 Å². The van der Waals surface area contributed by atoms with E-state index in [1.807, 2.05) is 0 Å². The molecule has 0 bridgehead atoms. The van der Waals surface area contributed by atoms with Gasteiger partial charge in [0.1, 0.15) is 28.6 Å². The van der Waals surface area contributed by atoms with Gasteiger partial charge in [-0.05, 0) is 31.2 Å². The van der Waals surface area contributed by atoms with Crippen LogP contribution in [0.4, 0.5) is 30.4 Å². The smallest absolute Gasteiger partial charge is 0.186 e. The lowest BCUT2D eigenvalue weighted by molar-refractivity contribution is 0.415. The molecule has 0 unspecified atom stereocenters. The molecule has 124 valence electrons. The molecule has 0 saturated heterocycles. The second-order valence-corrected chi connectivity index (χ2v) is 5.05. The van der Waals surface area contributed by atoms with E-state index in [0.717, 1.165) is 0 Å². The Kier molecular flexibility index (Phi) is 3.88. The maximum absolute atomic E-state index is 14.7. The molecule has 2 aromatic carbocycles. The Hall–Kier alpha value is -3.03. The first-order chi connectivity index (χ1) is 11.4. The number of nitrogens with zero attached hydrogens (tertiary/aromatic N) is 2. The number of aromatic nitrogens is 2. The van der Waals surface area contributed by atoms with Crippen LogP contribution in [0.25, 0.3) is 10.9 Å². The predicted molar refractivity (Wildman–Crippen MR) is 84.8 cm³/mol. The summed E-state index contributed by atoms with van der Waals surface area (Å²) in [5, 5.41) is 2.04. The maximum atomic E-state index is 14.7. The zero-order valence-corrected chi connectivity index (χ0v) is 12.8. The van der Waals surface area contributed by atoms with E-state index in [1.165, 1.54) is 14.0 Å². The first-order valence-corrected chi connectivity index (χ1v) is 6.93. The van der Waals surface area contributed by atoms with Gasteiger partial charge in [0.25, 0.3) is 0 Å². The number of hydrogen-bond donors (Lipinski definition) is 2. The van der Waals surface area contributed by atoms with Gasteiger partial charge in [-0.3, -0.25) is 0 Å². The molecule has 0 amide bonds. The van der Waals surface area contributed by atoms with Crippen LogP contribution in [0.3, 0.4) is 0 Å². The van der Waals surface area contributed by atoms with Gasteiger partial charge in [0.15, 0.2) is 17.5 Å². The maximum Gasteiger partial charge on any atom is 0.186 e. The lowest BCUT2D eigenvalue weighted by Gasteiger charge is -2.13. The summed E-state index contributed by atoms with van der Waals surface area (Å²) in [4.78, 5) is 7.57. The van der Waals surface area contributed by atoms with Crippen molar-refractivity contribution in [1.82, 2.24) is 9.97 Å². The van der Waals surface area contributed by atoms with Gasteiger partial charge in [0.05, 0.1) is 12.5 Å². The van der Waals surface area contributed by atoms with E-state index < -0.39 is 28.5 Å². The highest BCUT2D eigenvalue weighted by Gasteiger charge is 2.24. The fourth-order valence-electron chi connectivity index (χ4n) is 2.33.